The highest BCUT2D eigenvalue weighted by Gasteiger charge is 2.45. The summed E-state index contributed by atoms with van der Waals surface area (Å²) >= 11 is 5.49. The van der Waals surface area contributed by atoms with E-state index in [1.54, 1.807) is 0 Å². The Labute approximate surface area is 165 Å². The van der Waals surface area contributed by atoms with Crippen molar-refractivity contribution < 1.29 is 28.7 Å². The number of fused-ring (bicyclic) bond motifs is 1. The third kappa shape index (κ3) is 3.90. The summed E-state index contributed by atoms with van der Waals surface area (Å²) in [5, 5.41) is 4.74. The van der Waals surface area contributed by atoms with Gasteiger partial charge in [-0.05, 0) is 18.6 Å². The molecule has 1 atom stereocenters. The maximum Gasteiger partial charge on any atom is 0.264 e. The first-order chi connectivity index (χ1) is 13.4. The summed E-state index contributed by atoms with van der Waals surface area (Å²) in [4.78, 5) is 62.0. The number of hydrogen-bond donors (Lipinski definition) is 2. The molecule has 2 N–H and O–H groups in total. The Balaban J connectivity index is 1.77. The summed E-state index contributed by atoms with van der Waals surface area (Å²) in [5.41, 5.74) is 0.325. The normalized spacial score (nSPS) is 18.9. The summed E-state index contributed by atoms with van der Waals surface area (Å²) in [6.07, 6.45) is 0.158. The van der Waals surface area contributed by atoms with Gasteiger partial charge in [0.2, 0.25) is 17.7 Å². The van der Waals surface area contributed by atoms with Crippen molar-refractivity contribution in [1.82, 2.24) is 10.2 Å². The van der Waals surface area contributed by atoms with Gasteiger partial charge in [0, 0.05) is 12.3 Å². The lowest BCUT2D eigenvalue weighted by Gasteiger charge is -2.27. The predicted octanol–water partition coefficient (Wildman–Crippen LogP) is 0.672. The van der Waals surface area contributed by atoms with Crippen molar-refractivity contribution in [3.05, 3.63) is 29.3 Å². The van der Waals surface area contributed by atoms with Crippen LogP contribution in [0, 0.1) is 0 Å². The Morgan fingerprint density at radius 2 is 2.00 bits per heavy atom. The van der Waals surface area contributed by atoms with Crippen molar-refractivity contribution in [2.75, 3.05) is 24.4 Å². The summed E-state index contributed by atoms with van der Waals surface area (Å²) in [6, 6.07) is 3.45. The molecule has 0 aromatic heterocycles. The van der Waals surface area contributed by atoms with Crippen molar-refractivity contribution in [3.8, 4) is 0 Å². The van der Waals surface area contributed by atoms with Gasteiger partial charge in [-0.2, -0.15) is 0 Å². The molecule has 0 saturated carbocycles. The molecule has 2 heterocycles. The zero-order valence-electron chi connectivity index (χ0n) is 14.8. The van der Waals surface area contributed by atoms with Crippen LogP contribution in [0.4, 0.5) is 5.69 Å². The van der Waals surface area contributed by atoms with E-state index >= 15 is 0 Å². The molecule has 1 aromatic carbocycles. The molecule has 2 aliphatic heterocycles. The molecule has 5 amide bonds. The molecule has 1 aromatic rings. The second-order valence-electron chi connectivity index (χ2n) is 6.27. The van der Waals surface area contributed by atoms with E-state index < -0.39 is 29.7 Å². The number of imide groups is 2. The van der Waals surface area contributed by atoms with Gasteiger partial charge in [0.15, 0.2) is 0 Å². The number of anilines is 1. The van der Waals surface area contributed by atoms with Crippen molar-refractivity contribution >= 4 is 46.8 Å². The van der Waals surface area contributed by atoms with E-state index in [0.717, 1.165) is 4.90 Å². The lowest BCUT2D eigenvalue weighted by molar-refractivity contribution is -0.136. The zero-order chi connectivity index (χ0) is 20.3. The third-order valence-corrected chi connectivity index (χ3v) is 4.59. The van der Waals surface area contributed by atoms with E-state index in [-0.39, 0.29) is 48.6 Å². The maximum absolute atomic E-state index is 12.9. The fourth-order valence-electron chi connectivity index (χ4n) is 3.15. The van der Waals surface area contributed by atoms with Crippen LogP contribution in [0.25, 0.3) is 0 Å². The molecular formula is C18H18ClN3O6. The van der Waals surface area contributed by atoms with Crippen LogP contribution < -0.4 is 10.6 Å². The van der Waals surface area contributed by atoms with Gasteiger partial charge < -0.3 is 10.1 Å². The van der Waals surface area contributed by atoms with Crippen LogP contribution in [0.15, 0.2) is 18.2 Å². The number of halogens is 1. The van der Waals surface area contributed by atoms with Crippen molar-refractivity contribution in [2.24, 2.45) is 0 Å². The first-order valence-corrected chi connectivity index (χ1v) is 9.25. The number of ether oxygens (including phenoxy) is 1. The topological polar surface area (TPSA) is 122 Å². The monoisotopic (exact) mass is 407 g/mol. The molecule has 28 heavy (non-hydrogen) atoms. The first-order valence-electron chi connectivity index (χ1n) is 8.72. The number of alkyl halides is 1. The standard InChI is InChI=1S/C18H18ClN3O6/c19-7-9-28-8-6-14(24)20-11-3-1-2-10-15(11)18(27)22(17(10)26)12-4-5-13(23)21-16(12)25/h1-3,12H,4-9H2,(H,20,24)(H,21,23,25). The highest BCUT2D eigenvalue weighted by molar-refractivity contribution is 6.26. The van der Waals surface area contributed by atoms with Gasteiger partial charge in [0.1, 0.15) is 6.04 Å². The molecule has 10 heteroatoms. The van der Waals surface area contributed by atoms with Gasteiger partial charge in [-0.3, -0.25) is 34.2 Å². The average Bonchev–Trinajstić information content (AvgIpc) is 2.91. The second kappa shape index (κ2) is 8.49. The van der Waals surface area contributed by atoms with Gasteiger partial charge in [-0.15, -0.1) is 11.6 Å². The van der Waals surface area contributed by atoms with Crippen LogP contribution >= 0.6 is 11.6 Å². The fourth-order valence-corrected chi connectivity index (χ4v) is 3.26. The minimum atomic E-state index is -1.06. The fraction of sp³-hybridized carbons (Fsp3) is 0.389. The molecule has 3 rings (SSSR count). The number of amides is 5. The molecule has 0 aliphatic carbocycles. The maximum atomic E-state index is 12.9. The molecule has 1 fully saturated rings. The highest BCUT2D eigenvalue weighted by Crippen LogP contribution is 2.32. The second-order valence-corrected chi connectivity index (χ2v) is 6.65. The number of nitrogens with one attached hydrogen (secondary N) is 2. The predicted molar refractivity (Wildman–Crippen MR) is 97.9 cm³/mol. The third-order valence-electron chi connectivity index (χ3n) is 4.44. The van der Waals surface area contributed by atoms with E-state index in [9.17, 15) is 24.0 Å². The summed E-state index contributed by atoms with van der Waals surface area (Å²) in [6.45, 7) is 0.492. The van der Waals surface area contributed by atoms with Gasteiger partial charge in [-0.1, -0.05) is 6.07 Å². The quantitative estimate of drug-likeness (QED) is 0.389. The first kappa shape index (κ1) is 20.0. The Bertz CT molecular complexity index is 856. The van der Waals surface area contributed by atoms with Crippen LogP contribution in [0.5, 0.6) is 0 Å². The molecule has 0 spiro atoms. The minimum Gasteiger partial charge on any atom is -0.380 e. The van der Waals surface area contributed by atoms with Gasteiger partial charge in [-0.25, -0.2) is 0 Å². The number of hydrogen-bond acceptors (Lipinski definition) is 6. The number of nitrogens with zero attached hydrogens (tertiary/aromatic N) is 1. The minimum absolute atomic E-state index is 0.0345. The molecule has 2 aliphatic rings. The summed E-state index contributed by atoms with van der Waals surface area (Å²) < 4.78 is 5.14. The molecular weight excluding hydrogens is 390 g/mol. The Morgan fingerprint density at radius 1 is 1.21 bits per heavy atom. The van der Waals surface area contributed by atoms with E-state index in [0.29, 0.717) is 12.5 Å². The van der Waals surface area contributed by atoms with E-state index in [1.807, 2.05) is 0 Å². The Kier molecular flexibility index (Phi) is 6.05. The van der Waals surface area contributed by atoms with Crippen LogP contribution in [0.2, 0.25) is 0 Å². The van der Waals surface area contributed by atoms with Crippen LogP contribution in [0.3, 0.4) is 0 Å². The molecule has 148 valence electrons. The molecule has 9 nitrogen and oxygen atoms in total. The van der Waals surface area contributed by atoms with Crippen LogP contribution in [-0.2, 0) is 19.1 Å². The van der Waals surface area contributed by atoms with Crippen molar-refractivity contribution in [3.63, 3.8) is 0 Å². The largest absolute Gasteiger partial charge is 0.380 e. The number of benzene rings is 1. The average molecular weight is 408 g/mol. The number of carbonyl (C=O) groups excluding carboxylic acids is 5. The number of carbonyl (C=O) groups is 5. The lowest BCUT2D eigenvalue weighted by atomic mass is 10.0. The van der Waals surface area contributed by atoms with E-state index in [2.05, 4.69) is 10.6 Å². The van der Waals surface area contributed by atoms with Gasteiger partial charge >= 0.3 is 0 Å². The summed E-state index contributed by atoms with van der Waals surface area (Å²) in [7, 11) is 0. The number of rotatable bonds is 7. The lowest BCUT2D eigenvalue weighted by Crippen LogP contribution is -2.54. The van der Waals surface area contributed by atoms with Crippen molar-refractivity contribution in [2.45, 2.75) is 25.3 Å². The Hall–Kier alpha value is -2.78. The number of piperidine rings is 1. The van der Waals surface area contributed by atoms with E-state index in [4.69, 9.17) is 16.3 Å². The van der Waals surface area contributed by atoms with E-state index in [1.165, 1.54) is 18.2 Å². The molecule has 0 radical (unpaired) electrons. The molecule has 1 saturated heterocycles. The molecule has 0 bridgehead atoms. The van der Waals surface area contributed by atoms with Crippen molar-refractivity contribution in [1.29, 1.82) is 0 Å². The Morgan fingerprint density at radius 3 is 2.71 bits per heavy atom. The van der Waals surface area contributed by atoms with Crippen LogP contribution in [0.1, 0.15) is 40.0 Å². The SMILES string of the molecule is O=C1CCC(N2C(=O)c3cccc(NC(=O)CCOCCCl)c3C2=O)C(=O)N1. The summed E-state index contributed by atoms with van der Waals surface area (Å²) in [5.74, 6) is -2.50. The molecule has 1 unspecified atom stereocenters. The van der Waals surface area contributed by atoms with Crippen LogP contribution in [-0.4, -0.2) is 59.6 Å². The van der Waals surface area contributed by atoms with Gasteiger partial charge in [0.25, 0.3) is 11.8 Å². The smallest absolute Gasteiger partial charge is 0.264 e. The highest BCUT2D eigenvalue weighted by atomic mass is 35.5. The zero-order valence-corrected chi connectivity index (χ0v) is 15.6. The van der Waals surface area contributed by atoms with Gasteiger partial charge in [0.05, 0.1) is 36.4 Å².